The lowest BCUT2D eigenvalue weighted by molar-refractivity contribution is 0.229. The Morgan fingerprint density at radius 2 is 1.67 bits per heavy atom. The highest BCUT2D eigenvalue weighted by Crippen LogP contribution is 2.47. The fourth-order valence-corrected chi connectivity index (χ4v) is 3.87. The maximum absolute atomic E-state index is 2.64. The van der Waals surface area contributed by atoms with Gasteiger partial charge in [-0.1, -0.05) is 56.3 Å². The number of hydrogen-bond acceptors (Lipinski definition) is 2. The van der Waals surface area contributed by atoms with Gasteiger partial charge >= 0.3 is 0 Å². The lowest BCUT2D eigenvalue weighted by Gasteiger charge is -2.38. The molecule has 0 bridgehead atoms. The Bertz CT molecular complexity index is 662. The molecule has 2 heteroatoms. The summed E-state index contributed by atoms with van der Waals surface area (Å²) < 4.78 is 0. The van der Waals surface area contributed by atoms with Crippen molar-refractivity contribution in [1.29, 1.82) is 0 Å². The van der Waals surface area contributed by atoms with Crippen LogP contribution in [0, 0.1) is 5.92 Å². The van der Waals surface area contributed by atoms with Crippen molar-refractivity contribution >= 4 is 5.69 Å². The van der Waals surface area contributed by atoms with E-state index in [1.165, 1.54) is 22.4 Å². The van der Waals surface area contributed by atoms with Crippen LogP contribution in [0.25, 0.3) is 11.1 Å². The molecule has 0 saturated carbocycles. The summed E-state index contributed by atoms with van der Waals surface area (Å²) in [7, 11) is 0. The molecule has 2 heterocycles. The number of para-hydroxylation sites is 1. The SMILES string of the molecule is CC(C)CN1CCN2c3ccccc3-c3ccccc3C12. The van der Waals surface area contributed by atoms with Crippen LogP contribution in [0.3, 0.4) is 0 Å². The van der Waals surface area contributed by atoms with Crippen LogP contribution in [0.15, 0.2) is 48.5 Å². The van der Waals surface area contributed by atoms with Crippen molar-refractivity contribution in [3.05, 3.63) is 54.1 Å². The Hall–Kier alpha value is -1.80. The summed E-state index contributed by atoms with van der Waals surface area (Å²) in [5.74, 6) is 0.703. The normalized spacial score (nSPS) is 20.3. The van der Waals surface area contributed by atoms with Crippen molar-refractivity contribution in [2.45, 2.75) is 20.0 Å². The molecule has 108 valence electrons. The average molecular weight is 278 g/mol. The molecular formula is C19H22N2. The maximum atomic E-state index is 2.64. The second-order valence-corrected chi connectivity index (χ2v) is 6.56. The second kappa shape index (κ2) is 4.88. The largest absolute Gasteiger partial charge is 0.350 e. The van der Waals surface area contributed by atoms with Gasteiger partial charge in [0.1, 0.15) is 6.17 Å². The van der Waals surface area contributed by atoms with Crippen LogP contribution in [-0.2, 0) is 0 Å². The molecular weight excluding hydrogens is 256 g/mol. The Balaban J connectivity index is 1.86. The molecule has 2 aromatic carbocycles. The predicted octanol–water partition coefficient (Wildman–Crippen LogP) is 4.14. The van der Waals surface area contributed by atoms with Gasteiger partial charge in [-0.05, 0) is 23.1 Å². The van der Waals surface area contributed by atoms with Crippen LogP contribution in [0.5, 0.6) is 0 Å². The molecule has 0 N–H and O–H groups in total. The monoisotopic (exact) mass is 278 g/mol. The minimum atomic E-state index is 0.415. The minimum Gasteiger partial charge on any atom is -0.350 e. The Morgan fingerprint density at radius 1 is 0.952 bits per heavy atom. The summed E-state index contributed by atoms with van der Waals surface area (Å²) in [4.78, 5) is 5.22. The molecule has 1 unspecified atom stereocenters. The van der Waals surface area contributed by atoms with Gasteiger partial charge < -0.3 is 4.90 Å². The molecule has 0 radical (unpaired) electrons. The van der Waals surface area contributed by atoms with E-state index < -0.39 is 0 Å². The third-order valence-corrected chi connectivity index (χ3v) is 4.61. The average Bonchev–Trinajstić information content (AvgIpc) is 2.91. The molecule has 2 aliphatic rings. The van der Waals surface area contributed by atoms with Gasteiger partial charge in [0.2, 0.25) is 0 Å². The van der Waals surface area contributed by atoms with Crippen molar-refractivity contribution in [1.82, 2.24) is 4.90 Å². The molecule has 1 saturated heterocycles. The number of benzene rings is 2. The van der Waals surface area contributed by atoms with E-state index in [0.717, 1.165) is 19.6 Å². The highest BCUT2D eigenvalue weighted by atomic mass is 15.4. The number of hydrogen-bond donors (Lipinski definition) is 0. The van der Waals surface area contributed by atoms with E-state index in [9.17, 15) is 0 Å². The Labute approximate surface area is 127 Å². The zero-order valence-electron chi connectivity index (χ0n) is 12.8. The van der Waals surface area contributed by atoms with Crippen molar-refractivity contribution in [3.63, 3.8) is 0 Å². The zero-order valence-corrected chi connectivity index (χ0v) is 12.8. The van der Waals surface area contributed by atoms with Gasteiger partial charge in [-0.25, -0.2) is 0 Å². The molecule has 4 rings (SSSR count). The van der Waals surface area contributed by atoms with E-state index in [1.807, 2.05) is 0 Å². The summed E-state index contributed by atoms with van der Waals surface area (Å²) in [6.45, 7) is 8.07. The lowest BCUT2D eigenvalue weighted by Crippen LogP contribution is -2.35. The van der Waals surface area contributed by atoms with Crippen molar-refractivity contribution in [2.75, 3.05) is 24.5 Å². The van der Waals surface area contributed by atoms with Gasteiger partial charge in [-0.15, -0.1) is 0 Å². The molecule has 2 aromatic rings. The fraction of sp³-hybridized carbons (Fsp3) is 0.368. The Kier molecular flexibility index (Phi) is 3.00. The van der Waals surface area contributed by atoms with Crippen molar-refractivity contribution in [2.24, 2.45) is 5.92 Å². The molecule has 2 aliphatic heterocycles. The first-order chi connectivity index (χ1) is 10.3. The van der Waals surface area contributed by atoms with Crippen LogP contribution in [0.4, 0.5) is 5.69 Å². The van der Waals surface area contributed by atoms with E-state index in [2.05, 4.69) is 72.2 Å². The van der Waals surface area contributed by atoms with Gasteiger partial charge in [0, 0.05) is 30.9 Å². The number of rotatable bonds is 2. The van der Waals surface area contributed by atoms with Gasteiger partial charge in [-0.3, -0.25) is 4.90 Å². The first-order valence-corrected chi connectivity index (χ1v) is 7.95. The van der Waals surface area contributed by atoms with Crippen LogP contribution in [-0.4, -0.2) is 24.5 Å². The van der Waals surface area contributed by atoms with Crippen LogP contribution < -0.4 is 4.90 Å². The fourth-order valence-electron chi connectivity index (χ4n) is 3.87. The number of anilines is 1. The summed E-state index contributed by atoms with van der Waals surface area (Å²) >= 11 is 0. The molecule has 2 nitrogen and oxygen atoms in total. The molecule has 0 spiro atoms. The summed E-state index contributed by atoms with van der Waals surface area (Å²) in [6, 6.07) is 17.8. The van der Waals surface area contributed by atoms with E-state index in [-0.39, 0.29) is 0 Å². The lowest BCUT2D eigenvalue weighted by atomic mass is 9.91. The quantitative estimate of drug-likeness (QED) is 0.814. The van der Waals surface area contributed by atoms with E-state index in [4.69, 9.17) is 0 Å². The first kappa shape index (κ1) is 12.9. The molecule has 0 aliphatic carbocycles. The smallest absolute Gasteiger partial charge is 0.109 e. The number of nitrogens with zero attached hydrogens (tertiary/aromatic N) is 2. The first-order valence-electron chi connectivity index (χ1n) is 7.95. The highest BCUT2D eigenvalue weighted by Gasteiger charge is 2.38. The van der Waals surface area contributed by atoms with Gasteiger partial charge in [0.05, 0.1) is 0 Å². The third-order valence-electron chi connectivity index (χ3n) is 4.61. The summed E-state index contributed by atoms with van der Waals surface area (Å²) in [5, 5.41) is 0. The van der Waals surface area contributed by atoms with Crippen molar-refractivity contribution < 1.29 is 0 Å². The molecule has 0 aromatic heterocycles. The zero-order chi connectivity index (χ0) is 14.4. The van der Waals surface area contributed by atoms with E-state index >= 15 is 0 Å². The molecule has 1 fully saturated rings. The highest BCUT2D eigenvalue weighted by molar-refractivity contribution is 5.84. The van der Waals surface area contributed by atoms with Gasteiger partial charge in [0.25, 0.3) is 0 Å². The number of fused-ring (bicyclic) bond motifs is 6. The standard InChI is InChI=1S/C19H22N2/c1-14(2)13-20-11-12-21-18-10-6-5-8-16(18)15-7-3-4-9-17(15)19(20)21/h3-10,14,19H,11-13H2,1-2H3. The minimum absolute atomic E-state index is 0.415. The van der Waals surface area contributed by atoms with Crippen molar-refractivity contribution in [3.8, 4) is 11.1 Å². The predicted molar refractivity (Wildman–Crippen MR) is 88.4 cm³/mol. The van der Waals surface area contributed by atoms with Gasteiger partial charge in [0.15, 0.2) is 0 Å². The third kappa shape index (κ3) is 1.97. The summed E-state index contributed by atoms with van der Waals surface area (Å²) in [6.07, 6.45) is 0.415. The van der Waals surface area contributed by atoms with E-state index in [0.29, 0.717) is 12.1 Å². The van der Waals surface area contributed by atoms with Gasteiger partial charge in [-0.2, -0.15) is 0 Å². The summed E-state index contributed by atoms with van der Waals surface area (Å²) in [5.41, 5.74) is 5.66. The molecule has 1 atom stereocenters. The van der Waals surface area contributed by atoms with E-state index in [1.54, 1.807) is 0 Å². The van der Waals surface area contributed by atoms with Crippen LogP contribution >= 0.6 is 0 Å². The maximum Gasteiger partial charge on any atom is 0.109 e. The van der Waals surface area contributed by atoms with Crippen LogP contribution in [0.2, 0.25) is 0 Å². The Morgan fingerprint density at radius 3 is 2.48 bits per heavy atom. The van der Waals surface area contributed by atoms with Crippen LogP contribution in [0.1, 0.15) is 25.6 Å². The molecule has 0 amide bonds. The second-order valence-electron chi connectivity index (χ2n) is 6.56. The molecule has 21 heavy (non-hydrogen) atoms. The topological polar surface area (TPSA) is 6.48 Å².